The number of aliphatic carboxylic acids is 2. The number of carboxylic acid groups (broad SMARTS) is 2. The highest BCUT2D eigenvalue weighted by Gasteiger charge is 2.55. The van der Waals surface area contributed by atoms with Crippen LogP contribution in [0.5, 0.6) is 0 Å². The molecule has 5 N–H and O–H groups in total. The normalized spacial score (nSPS) is 14.1. The zero-order chi connectivity index (χ0) is 22.1. The van der Waals surface area contributed by atoms with Gasteiger partial charge in [0.15, 0.2) is 5.16 Å². The molecule has 1 aromatic carbocycles. The van der Waals surface area contributed by atoms with Gasteiger partial charge in [-0.3, -0.25) is 18.9 Å². The summed E-state index contributed by atoms with van der Waals surface area (Å²) < 4.78 is 12.1. The summed E-state index contributed by atoms with van der Waals surface area (Å²) in [4.78, 5) is 50.7. The van der Waals surface area contributed by atoms with Crippen LogP contribution in [0.4, 0.5) is 0 Å². The fourth-order valence-corrected chi connectivity index (χ4v) is 4.21. The molecular weight excluding hydrogens is 457 g/mol. The van der Waals surface area contributed by atoms with Gasteiger partial charge in [-0.2, -0.15) is 0 Å². The van der Waals surface area contributed by atoms with Crippen LogP contribution >= 0.6 is 23.5 Å². The van der Waals surface area contributed by atoms with Gasteiger partial charge in [0.05, 0.1) is 0 Å². The van der Waals surface area contributed by atoms with Crippen LogP contribution in [0.2, 0.25) is 0 Å². The molecule has 2 unspecified atom stereocenters. The molecule has 0 bridgehead atoms. The van der Waals surface area contributed by atoms with Gasteiger partial charge in [-0.1, -0.05) is 43.1 Å². The lowest BCUT2D eigenvalue weighted by atomic mass is 9.88. The van der Waals surface area contributed by atoms with Crippen molar-refractivity contribution >= 4 is 41.4 Å². The third-order valence-corrected chi connectivity index (χ3v) is 6.88. The van der Waals surface area contributed by atoms with Gasteiger partial charge in [0.25, 0.3) is 5.91 Å². The van der Waals surface area contributed by atoms with Crippen molar-refractivity contribution in [2.75, 3.05) is 6.54 Å². The van der Waals surface area contributed by atoms with Crippen LogP contribution < -0.4 is 5.32 Å². The number of halogens is 1. The van der Waals surface area contributed by atoms with Gasteiger partial charge < -0.3 is 25.3 Å². The lowest BCUT2D eigenvalue weighted by Crippen LogP contribution is -2.43. The summed E-state index contributed by atoms with van der Waals surface area (Å²) in [5, 5.41) is 17.6. The molecule has 0 aliphatic rings. The van der Waals surface area contributed by atoms with Crippen molar-refractivity contribution in [1.82, 2.24) is 5.32 Å². The maximum Gasteiger partial charge on any atom is 0.343 e. The van der Waals surface area contributed by atoms with Crippen molar-refractivity contribution in [2.45, 2.75) is 38.8 Å². The fourth-order valence-electron chi connectivity index (χ4n) is 2.53. The molecule has 9 nitrogen and oxygen atoms in total. The van der Waals surface area contributed by atoms with Crippen LogP contribution in [0, 0.1) is 5.92 Å². The van der Waals surface area contributed by atoms with E-state index in [0.717, 1.165) is 4.47 Å². The molecule has 0 radical (unpaired) electrons. The van der Waals surface area contributed by atoms with Gasteiger partial charge >= 0.3 is 19.5 Å². The first kappa shape index (κ1) is 26.3. The van der Waals surface area contributed by atoms with Gasteiger partial charge in [-0.05, 0) is 36.6 Å². The highest BCUT2D eigenvalue weighted by Crippen LogP contribution is 2.57. The number of hydrogen-bond donors (Lipinski definition) is 5. The summed E-state index contributed by atoms with van der Waals surface area (Å²) in [5.41, 5.74) is 0.439. The predicted molar refractivity (Wildman–Crippen MR) is 106 cm³/mol. The standard InChI is InChI=1S/C9H8BrNO3.C8H17O5P/c10-7-3-1-6(2-4-7)9(14)11-5-8(12)13;1-4-6(3)8(5-2,7(9)10)14(11,12)13/h1-4H,5H2,(H,11,14)(H,12,13);6H,4-5H2,1-3H3,(H,9,10)(H2,11,12,13). The van der Waals surface area contributed by atoms with Crippen LogP contribution in [0.3, 0.4) is 0 Å². The number of nitrogens with one attached hydrogen (secondary N) is 1. The van der Waals surface area contributed by atoms with Gasteiger partial charge in [-0.25, -0.2) is 0 Å². The van der Waals surface area contributed by atoms with Crippen LogP contribution in [0.15, 0.2) is 28.7 Å². The molecule has 0 aliphatic carbocycles. The zero-order valence-electron chi connectivity index (χ0n) is 15.8. The Labute approximate surface area is 171 Å². The maximum atomic E-state index is 11.3. The predicted octanol–water partition coefficient (Wildman–Crippen LogP) is 2.71. The SMILES string of the molecule is CCC(C)C(CC)(C(=O)O)P(=O)(O)O.O=C(O)CNC(=O)c1ccc(Br)cc1. The lowest BCUT2D eigenvalue weighted by molar-refractivity contribution is -0.142. The van der Waals surface area contributed by atoms with E-state index in [0.29, 0.717) is 12.0 Å². The minimum atomic E-state index is -4.64. The van der Waals surface area contributed by atoms with Crippen molar-refractivity contribution in [3.8, 4) is 0 Å². The van der Waals surface area contributed by atoms with E-state index in [1.807, 2.05) is 0 Å². The van der Waals surface area contributed by atoms with Crippen molar-refractivity contribution in [3.63, 3.8) is 0 Å². The quantitative estimate of drug-likeness (QED) is 0.354. The van der Waals surface area contributed by atoms with E-state index in [4.69, 9.17) is 20.0 Å². The Hall–Kier alpha value is -1.74. The molecule has 0 aliphatic heterocycles. The molecule has 0 spiro atoms. The molecule has 0 saturated carbocycles. The summed E-state index contributed by atoms with van der Waals surface area (Å²) in [7, 11) is -4.64. The number of amides is 1. The third kappa shape index (κ3) is 7.01. The smallest absolute Gasteiger partial charge is 0.343 e. The summed E-state index contributed by atoms with van der Waals surface area (Å²) in [6.45, 7) is 4.39. The Morgan fingerprint density at radius 2 is 1.64 bits per heavy atom. The summed E-state index contributed by atoms with van der Waals surface area (Å²) in [6, 6.07) is 6.66. The van der Waals surface area contributed by atoms with Crippen molar-refractivity contribution in [1.29, 1.82) is 0 Å². The Morgan fingerprint density at radius 1 is 1.14 bits per heavy atom. The molecule has 1 aromatic rings. The Balaban J connectivity index is 0.000000521. The van der Waals surface area contributed by atoms with Crippen molar-refractivity contribution in [2.24, 2.45) is 5.92 Å². The van der Waals surface area contributed by atoms with Crippen LogP contribution in [-0.4, -0.2) is 49.5 Å². The van der Waals surface area contributed by atoms with E-state index in [9.17, 15) is 18.9 Å². The van der Waals surface area contributed by atoms with E-state index in [1.165, 1.54) is 6.92 Å². The number of hydrogen-bond acceptors (Lipinski definition) is 4. The monoisotopic (exact) mass is 481 g/mol. The maximum absolute atomic E-state index is 11.3. The van der Waals surface area contributed by atoms with Crippen molar-refractivity contribution < 1.29 is 38.9 Å². The number of carbonyl (C=O) groups excluding carboxylic acids is 1. The summed E-state index contributed by atoms with van der Waals surface area (Å²) in [6.07, 6.45) is 0.354. The zero-order valence-corrected chi connectivity index (χ0v) is 18.2. The fraction of sp³-hybridized carbons (Fsp3) is 0.471. The Morgan fingerprint density at radius 3 is 1.93 bits per heavy atom. The third-order valence-electron chi connectivity index (χ3n) is 4.36. The van der Waals surface area contributed by atoms with Crippen LogP contribution in [-0.2, 0) is 14.2 Å². The topological polar surface area (TPSA) is 161 Å². The average Bonchev–Trinajstić information content (AvgIpc) is 2.60. The molecule has 1 amide bonds. The van der Waals surface area contributed by atoms with E-state index in [-0.39, 0.29) is 18.9 Å². The van der Waals surface area contributed by atoms with Gasteiger partial charge in [0.2, 0.25) is 0 Å². The van der Waals surface area contributed by atoms with Crippen LogP contribution in [0.25, 0.3) is 0 Å². The second-order valence-corrected chi connectivity index (χ2v) is 8.82. The second kappa shape index (κ2) is 11.3. The molecule has 0 saturated heterocycles. The largest absolute Gasteiger partial charge is 0.480 e. The first-order valence-electron chi connectivity index (χ1n) is 8.38. The van der Waals surface area contributed by atoms with Gasteiger partial charge in [0, 0.05) is 10.0 Å². The first-order valence-corrected chi connectivity index (χ1v) is 10.8. The van der Waals surface area contributed by atoms with Gasteiger partial charge in [-0.15, -0.1) is 0 Å². The highest BCUT2D eigenvalue weighted by molar-refractivity contribution is 9.10. The molecule has 0 heterocycles. The Bertz CT molecular complexity index is 733. The van der Waals surface area contributed by atoms with E-state index in [2.05, 4.69) is 21.2 Å². The molecule has 2 atom stereocenters. The molecule has 1 rings (SSSR count). The van der Waals surface area contributed by atoms with E-state index in [1.54, 1.807) is 38.1 Å². The number of carboxylic acids is 2. The number of benzene rings is 1. The minimum absolute atomic E-state index is 0.0678. The lowest BCUT2D eigenvalue weighted by Gasteiger charge is -2.33. The molecule has 0 aromatic heterocycles. The molecule has 28 heavy (non-hydrogen) atoms. The van der Waals surface area contributed by atoms with Gasteiger partial charge in [0.1, 0.15) is 6.54 Å². The van der Waals surface area contributed by atoms with E-state index < -0.39 is 30.6 Å². The highest BCUT2D eigenvalue weighted by atomic mass is 79.9. The Kier molecular flexibility index (Phi) is 10.6. The number of rotatable bonds is 8. The average molecular weight is 482 g/mol. The van der Waals surface area contributed by atoms with Crippen LogP contribution in [0.1, 0.15) is 44.0 Å². The molecule has 0 fully saturated rings. The molecule has 158 valence electrons. The van der Waals surface area contributed by atoms with Crippen molar-refractivity contribution in [3.05, 3.63) is 34.3 Å². The summed E-state index contributed by atoms with van der Waals surface area (Å²) in [5.74, 6) is -3.41. The molecular formula is C17H25BrNO8P. The minimum Gasteiger partial charge on any atom is -0.480 e. The first-order chi connectivity index (χ1) is 12.8. The van der Waals surface area contributed by atoms with E-state index >= 15 is 0 Å². The summed E-state index contributed by atoms with van der Waals surface area (Å²) >= 11 is 3.23. The second-order valence-electron chi connectivity index (χ2n) is 6.02. The molecule has 11 heteroatoms. The number of carbonyl (C=O) groups is 3.